The molecule has 3 heterocycles. The fourth-order valence-corrected chi connectivity index (χ4v) is 5.51. The molecule has 222 valence electrons. The van der Waals surface area contributed by atoms with Crippen molar-refractivity contribution >= 4 is 20.2 Å². The van der Waals surface area contributed by atoms with E-state index in [0.717, 1.165) is 22.7 Å². The molecular formula is C27H36F2N6O5Si. The minimum atomic E-state index is -3.54. The van der Waals surface area contributed by atoms with Gasteiger partial charge in [-0.2, -0.15) is 13.8 Å². The number of hydrogen-bond donors (Lipinski definition) is 1. The number of anilines is 1. The smallest absolute Gasteiger partial charge is 0.412 e. The maximum absolute atomic E-state index is 15.8. The van der Waals surface area contributed by atoms with Crippen LogP contribution in [0.5, 0.6) is 0 Å². The monoisotopic (exact) mass is 590 g/mol. The van der Waals surface area contributed by atoms with E-state index in [4.69, 9.17) is 13.9 Å². The maximum atomic E-state index is 15.8. The Labute approximate surface area is 238 Å². The molecule has 3 atom stereocenters. The van der Waals surface area contributed by atoms with Gasteiger partial charge in [0.15, 0.2) is 14.1 Å². The Morgan fingerprint density at radius 3 is 2.56 bits per heavy atom. The summed E-state index contributed by atoms with van der Waals surface area (Å²) in [4.78, 5) is 29.5. The van der Waals surface area contributed by atoms with E-state index in [1.165, 1.54) is 0 Å². The van der Waals surface area contributed by atoms with Crippen molar-refractivity contribution in [1.82, 2.24) is 24.5 Å². The van der Waals surface area contributed by atoms with E-state index in [-0.39, 0.29) is 30.1 Å². The van der Waals surface area contributed by atoms with E-state index in [0.29, 0.717) is 13.0 Å². The third-order valence-electron chi connectivity index (χ3n) is 6.39. The molecule has 2 aromatic heterocycles. The molecule has 4 rings (SSSR count). The predicted octanol–water partition coefficient (Wildman–Crippen LogP) is 5.06. The quantitative estimate of drug-likeness (QED) is 0.243. The van der Waals surface area contributed by atoms with Crippen LogP contribution in [0, 0.1) is 0 Å². The molecule has 1 saturated heterocycles. The van der Waals surface area contributed by atoms with Gasteiger partial charge in [0, 0.05) is 6.20 Å². The third kappa shape index (κ3) is 7.24. The standard InChI is InChI=1S/C27H36F2N6O5Si/c1-6-8-14-38-26(37)31-23-19(20-17-34(33-32-20)15-18-12-10-9-11-13-18)16-35(25(36)30-23)24-27(28,29)22(21(7-2)39-24)40-41(3,4)5/h9-13,16-17,21-22,24H,6-8,14-15H2,1-5H3,(H,30,31,36,37)/t21-,22?,24-/m1/s1. The van der Waals surface area contributed by atoms with Gasteiger partial charge in [0.05, 0.1) is 31.0 Å². The topological polar surface area (TPSA) is 122 Å². The van der Waals surface area contributed by atoms with Crippen molar-refractivity contribution in [2.24, 2.45) is 0 Å². The highest BCUT2D eigenvalue weighted by Crippen LogP contribution is 2.46. The van der Waals surface area contributed by atoms with Crippen LogP contribution in [-0.2, 0) is 20.4 Å². The van der Waals surface area contributed by atoms with Crippen LogP contribution in [0.25, 0.3) is 11.3 Å². The van der Waals surface area contributed by atoms with Crippen LogP contribution in [-0.4, -0.2) is 63.7 Å². The molecule has 41 heavy (non-hydrogen) atoms. The summed E-state index contributed by atoms with van der Waals surface area (Å²) in [5, 5.41) is 10.8. The van der Waals surface area contributed by atoms with E-state index in [9.17, 15) is 9.59 Å². The van der Waals surface area contributed by atoms with Gasteiger partial charge in [-0.1, -0.05) is 55.8 Å². The van der Waals surface area contributed by atoms with Crippen LogP contribution in [0.3, 0.4) is 0 Å². The lowest BCUT2D eigenvalue weighted by molar-refractivity contribution is -0.137. The van der Waals surface area contributed by atoms with Gasteiger partial charge in [-0.05, 0) is 38.0 Å². The Bertz CT molecular complexity index is 1390. The summed E-state index contributed by atoms with van der Waals surface area (Å²) in [6.45, 7) is 9.66. The lowest BCUT2D eigenvalue weighted by Crippen LogP contribution is -2.47. The van der Waals surface area contributed by atoms with Gasteiger partial charge in [0.25, 0.3) is 0 Å². The van der Waals surface area contributed by atoms with E-state index < -0.39 is 44.5 Å². The minimum absolute atomic E-state index is 0.0957. The summed E-state index contributed by atoms with van der Waals surface area (Å²) >= 11 is 0. The predicted molar refractivity (Wildman–Crippen MR) is 150 cm³/mol. The van der Waals surface area contributed by atoms with Gasteiger partial charge in [-0.25, -0.2) is 14.3 Å². The van der Waals surface area contributed by atoms with Gasteiger partial charge in [0.1, 0.15) is 11.8 Å². The summed E-state index contributed by atoms with van der Waals surface area (Å²) in [5.41, 5.74) is 0.220. The van der Waals surface area contributed by atoms with Crippen LogP contribution < -0.4 is 11.0 Å². The summed E-state index contributed by atoms with van der Waals surface area (Å²) in [7, 11) is -2.39. The zero-order valence-electron chi connectivity index (χ0n) is 23.8. The second-order valence-corrected chi connectivity index (χ2v) is 15.3. The highest BCUT2D eigenvalue weighted by Gasteiger charge is 2.61. The number of amides is 1. The first-order valence-electron chi connectivity index (χ1n) is 13.7. The van der Waals surface area contributed by atoms with Crippen LogP contribution in [0.2, 0.25) is 19.6 Å². The minimum Gasteiger partial charge on any atom is -0.449 e. The Balaban J connectivity index is 1.73. The molecule has 1 aliphatic heterocycles. The van der Waals surface area contributed by atoms with Gasteiger partial charge in [-0.15, -0.1) is 5.10 Å². The first kappa shape index (κ1) is 30.5. The van der Waals surface area contributed by atoms with Crippen molar-refractivity contribution in [2.75, 3.05) is 11.9 Å². The van der Waals surface area contributed by atoms with Crippen LogP contribution in [0.1, 0.15) is 44.9 Å². The highest BCUT2D eigenvalue weighted by atomic mass is 28.4. The highest BCUT2D eigenvalue weighted by molar-refractivity contribution is 6.69. The lowest BCUT2D eigenvalue weighted by atomic mass is 10.1. The zero-order chi connectivity index (χ0) is 29.8. The number of carbonyl (C=O) groups is 1. The van der Waals surface area contributed by atoms with Crippen LogP contribution in [0.15, 0.2) is 47.5 Å². The molecule has 1 aromatic carbocycles. The van der Waals surface area contributed by atoms with E-state index in [1.54, 1.807) is 17.8 Å². The average molecular weight is 591 g/mol. The number of alkyl halides is 2. The molecule has 0 saturated carbocycles. The van der Waals surface area contributed by atoms with Crippen molar-refractivity contribution in [2.45, 2.75) is 83.7 Å². The van der Waals surface area contributed by atoms with E-state index in [1.807, 2.05) is 56.9 Å². The molecule has 1 aliphatic rings. The number of hydrogen-bond acceptors (Lipinski definition) is 8. The molecular weight excluding hydrogens is 554 g/mol. The molecule has 0 radical (unpaired) electrons. The van der Waals surface area contributed by atoms with Gasteiger partial charge in [-0.3, -0.25) is 9.88 Å². The van der Waals surface area contributed by atoms with Gasteiger partial charge < -0.3 is 13.9 Å². The van der Waals surface area contributed by atoms with Crippen molar-refractivity contribution < 1.29 is 27.5 Å². The molecule has 1 N–H and O–H groups in total. The largest absolute Gasteiger partial charge is 0.449 e. The fraction of sp³-hybridized carbons (Fsp3) is 0.519. The molecule has 11 nitrogen and oxygen atoms in total. The zero-order valence-corrected chi connectivity index (χ0v) is 24.8. The molecule has 14 heteroatoms. The number of unbranched alkanes of at least 4 members (excludes halogenated alkanes) is 1. The number of nitrogens with one attached hydrogen (secondary N) is 1. The van der Waals surface area contributed by atoms with Gasteiger partial charge >= 0.3 is 17.7 Å². The average Bonchev–Trinajstić information content (AvgIpc) is 3.46. The number of benzene rings is 1. The molecule has 1 unspecified atom stereocenters. The normalized spacial score (nSPS) is 20.2. The number of aromatic nitrogens is 5. The fourth-order valence-electron chi connectivity index (χ4n) is 4.44. The molecule has 0 spiro atoms. The second kappa shape index (κ2) is 12.6. The Kier molecular flexibility index (Phi) is 9.34. The molecule has 1 fully saturated rings. The number of nitrogens with zero attached hydrogens (tertiary/aromatic N) is 5. The van der Waals surface area contributed by atoms with Gasteiger partial charge in [0.2, 0.25) is 6.23 Å². The number of carbonyl (C=O) groups excluding carboxylic acids is 1. The Morgan fingerprint density at radius 1 is 1.17 bits per heavy atom. The van der Waals surface area contributed by atoms with E-state index >= 15 is 8.78 Å². The molecule has 0 bridgehead atoms. The second-order valence-electron chi connectivity index (χ2n) is 10.9. The summed E-state index contributed by atoms with van der Waals surface area (Å²) in [6.07, 6.45) is -0.816. The number of ether oxygens (including phenoxy) is 2. The van der Waals surface area contributed by atoms with E-state index in [2.05, 4.69) is 20.6 Å². The van der Waals surface area contributed by atoms with Crippen molar-refractivity contribution in [1.29, 1.82) is 0 Å². The van der Waals surface area contributed by atoms with Crippen molar-refractivity contribution in [3.63, 3.8) is 0 Å². The molecule has 1 amide bonds. The first-order chi connectivity index (χ1) is 19.4. The summed E-state index contributed by atoms with van der Waals surface area (Å²) in [6, 6.07) is 9.52. The van der Waals surface area contributed by atoms with Crippen molar-refractivity contribution in [3.05, 3.63) is 58.8 Å². The Morgan fingerprint density at radius 2 is 1.90 bits per heavy atom. The third-order valence-corrected chi connectivity index (χ3v) is 7.35. The van der Waals surface area contributed by atoms with Crippen molar-refractivity contribution in [3.8, 4) is 11.3 Å². The Hall–Kier alpha value is -3.49. The lowest BCUT2D eigenvalue weighted by Gasteiger charge is -2.30. The SMILES string of the molecule is CCCCOC(=O)Nc1nc(=O)n([C@@H]2O[C@H](CC)C(O[Si](C)(C)C)C2(F)F)cc1-c1cn(Cc2ccccc2)nn1. The summed E-state index contributed by atoms with van der Waals surface area (Å²) in [5.74, 6) is -3.73. The van der Waals surface area contributed by atoms with Crippen LogP contribution >= 0.6 is 0 Å². The summed E-state index contributed by atoms with van der Waals surface area (Å²) < 4.78 is 50.7. The number of halogens is 2. The maximum Gasteiger partial charge on any atom is 0.412 e. The molecule has 0 aliphatic carbocycles. The number of rotatable bonds is 11. The first-order valence-corrected chi connectivity index (χ1v) is 17.1. The molecule has 3 aromatic rings. The van der Waals surface area contributed by atoms with Crippen LogP contribution in [0.4, 0.5) is 19.4 Å².